The highest BCUT2D eigenvalue weighted by molar-refractivity contribution is 8.02. The molecule has 3 saturated heterocycles. The van der Waals surface area contributed by atoms with Crippen molar-refractivity contribution in [2.45, 2.75) is 76.0 Å². The lowest BCUT2D eigenvalue weighted by Crippen LogP contribution is -2.56. The smallest absolute Gasteiger partial charge is 0.248 e. The number of aryl methyl sites for hydroxylation is 2. The van der Waals surface area contributed by atoms with Crippen molar-refractivity contribution in [3.63, 3.8) is 0 Å². The van der Waals surface area contributed by atoms with Crippen LogP contribution in [0.5, 0.6) is 5.75 Å². The van der Waals surface area contributed by atoms with Crippen molar-refractivity contribution in [2.24, 2.45) is 17.8 Å². The van der Waals surface area contributed by atoms with E-state index in [1.807, 2.05) is 65.0 Å². The lowest BCUT2D eigenvalue weighted by molar-refractivity contribution is -0.142. The van der Waals surface area contributed by atoms with E-state index in [2.05, 4.69) is 17.6 Å². The van der Waals surface area contributed by atoms with Crippen molar-refractivity contribution >= 4 is 40.9 Å². The zero-order chi connectivity index (χ0) is 29.7. The molecule has 6 atom stereocenters. The zero-order valence-corrected chi connectivity index (χ0v) is 25.5. The second-order valence-corrected chi connectivity index (χ2v) is 14.1. The van der Waals surface area contributed by atoms with E-state index in [4.69, 9.17) is 4.74 Å². The first-order chi connectivity index (χ1) is 19.5. The number of fused-ring (bicyclic) bond motifs is 1. The van der Waals surface area contributed by atoms with Crippen LogP contribution in [0, 0.1) is 31.6 Å². The van der Waals surface area contributed by atoms with E-state index < -0.39 is 33.4 Å². The molecule has 2 aromatic rings. The van der Waals surface area contributed by atoms with E-state index in [1.165, 1.54) is 0 Å². The Kier molecular flexibility index (Phi) is 7.89. The lowest BCUT2D eigenvalue weighted by atomic mass is 9.66. The van der Waals surface area contributed by atoms with Crippen LogP contribution in [-0.4, -0.2) is 62.5 Å². The van der Waals surface area contributed by atoms with E-state index in [0.717, 1.165) is 23.3 Å². The number of hydrogen-bond acceptors (Lipinski definition) is 6. The monoisotopic (exact) mass is 579 g/mol. The molecule has 5 rings (SSSR count). The summed E-state index contributed by atoms with van der Waals surface area (Å²) in [5, 5.41) is 16.6. The third-order valence-electron chi connectivity index (χ3n) is 9.14. The number of nitrogens with zero attached hydrogens (tertiary/aromatic N) is 1. The van der Waals surface area contributed by atoms with Gasteiger partial charge in [0.15, 0.2) is 0 Å². The summed E-state index contributed by atoms with van der Waals surface area (Å²) >= 11 is 1.62. The summed E-state index contributed by atoms with van der Waals surface area (Å²) in [6.07, 6.45) is 1.37. The van der Waals surface area contributed by atoms with Gasteiger partial charge < -0.3 is 25.4 Å². The predicted octanol–water partition coefficient (Wildman–Crippen LogP) is 4.78. The Balaban J connectivity index is 1.52. The lowest BCUT2D eigenvalue weighted by Gasteiger charge is -2.38. The molecule has 0 aliphatic carbocycles. The minimum atomic E-state index is -0.811. The number of aliphatic hydroxyl groups excluding tert-OH is 1. The normalized spacial score (nSPS) is 29.0. The molecular formula is C32H41N3O5S. The molecule has 2 aromatic carbocycles. The van der Waals surface area contributed by atoms with Gasteiger partial charge in [0.2, 0.25) is 17.7 Å². The predicted molar refractivity (Wildman–Crippen MR) is 162 cm³/mol. The molecule has 2 bridgehead atoms. The Bertz CT molecular complexity index is 1350. The number of rotatable bonds is 9. The number of amides is 3. The third-order valence-corrected chi connectivity index (χ3v) is 11.1. The number of nitrogens with one attached hydrogen (secondary N) is 2. The standard InChI is InChI=1S/C32H41N3O5S/c1-7-40-22-12-10-21(11-13-22)33-28(37)25-26-30(39)35(24(17-36)18(2)3)27(32(26)15-14-31(25,6)41-32)29(38)34-23-16-19(4)8-9-20(23)5/h8-13,16,18,24-27,36H,7,14-15,17H2,1-6H3,(H,33,37)(H,34,38)/t24-,25+,26-,27?,31-,32?/m0/s1. The summed E-state index contributed by atoms with van der Waals surface area (Å²) < 4.78 is 4.26. The summed E-state index contributed by atoms with van der Waals surface area (Å²) in [6, 6.07) is 11.7. The number of aliphatic hydroxyl groups is 1. The Morgan fingerprint density at radius 2 is 1.80 bits per heavy atom. The van der Waals surface area contributed by atoms with Gasteiger partial charge >= 0.3 is 0 Å². The van der Waals surface area contributed by atoms with Crippen LogP contribution in [0.4, 0.5) is 11.4 Å². The van der Waals surface area contributed by atoms with Crippen LogP contribution in [0.25, 0.3) is 0 Å². The average molecular weight is 580 g/mol. The van der Waals surface area contributed by atoms with E-state index in [-0.39, 0.29) is 30.2 Å². The summed E-state index contributed by atoms with van der Waals surface area (Å²) in [5.41, 5.74) is 3.29. The van der Waals surface area contributed by atoms with Gasteiger partial charge in [0.05, 0.1) is 35.8 Å². The summed E-state index contributed by atoms with van der Waals surface area (Å²) in [5.74, 6) is -1.35. The van der Waals surface area contributed by atoms with Gasteiger partial charge in [-0.3, -0.25) is 14.4 Å². The molecule has 3 aliphatic heterocycles. The molecule has 3 amide bonds. The van der Waals surface area contributed by atoms with Gasteiger partial charge in [-0.15, -0.1) is 11.8 Å². The first-order valence-corrected chi connectivity index (χ1v) is 15.3. The molecule has 3 fully saturated rings. The van der Waals surface area contributed by atoms with E-state index >= 15 is 0 Å². The molecule has 3 N–H and O–H groups in total. The number of likely N-dealkylation sites (tertiary alicyclic amines) is 1. The SMILES string of the molecule is CCOc1ccc(NC(=O)[C@H]2[C@H]3C(=O)N([C@@H](CO)C(C)C)C(C(=O)Nc4cc(C)ccc4C)C34CC[C@]2(C)S4)cc1. The van der Waals surface area contributed by atoms with E-state index in [9.17, 15) is 19.5 Å². The van der Waals surface area contributed by atoms with Crippen LogP contribution in [0.15, 0.2) is 42.5 Å². The minimum Gasteiger partial charge on any atom is -0.494 e. The van der Waals surface area contributed by atoms with Gasteiger partial charge in [-0.25, -0.2) is 0 Å². The van der Waals surface area contributed by atoms with Crippen molar-refractivity contribution in [3.8, 4) is 5.75 Å². The molecule has 0 radical (unpaired) electrons. The van der Waals surface area contributed by atoms with Crippen molar-refractivity contribution in [1.82, 2.24) is 4.90 Å². The highest BCUT2D eigenvalue weighted by Crippen LogP contribution is 2.71. The highest BCUT2D eigenvalue weighted by Gasteiger charge is 2.77. The number of carbonyl (C=O) groups is 3. The Morgan fingerprint density at radius 3 is 2.44 bits per heavy atom. The molecular weight excluding hydrogens is 538 g/mol. The number of benzene rings is 2. The van der Waals surface area contributed by atoms with Gasteiger partial charge in [-0.1, -0.05) is 26.0 Å². The van der Waals surface area contributed by atoms with Crippen molar-refractivity contribution in [1.29, 1.82) is 0 Å². The van der Waals surface area contributed by atoms with Crippen LogP contribution < -0.4 is 15.4 Å². The maximum atomic E-state index is 14.4. The second-order valence-electron chi connectivity index (χ2n) is 12.2. The average Bonchev–Trinajstić information content (AvgIpc) is 3.49. The molecule has 220 valence electrons. The van der Waals surface area contributed by atoms with Crippen LogP contribution in [-0.2, 0) is 14.4 Å². The van der Waals surface area contributed by atoms with Gasteiger partial charge in [0.25, 0.3) is 0 Å². The zero-order valence-electron chi connectivity index (χ0n) is 24.7. The molecule has 2 unspecified atom stereocenters. The fraction of sp³-hybridized carbons (Fsp3) is 0.531. The number of anilines is 2. The van der Waals surface area contributed by atoms with Gasteiger partial charge in [0, 0.05) is 16.1 Å². The minimum absolute atomic E-state index is 0.0795. The van der Waals surface area contributed by atoms with Crippen LogP contribution in [0.3, 0.4) is 0 Å². The molecule has 1 spiro atoms. The number of thioether (sulfide) groups is 1. The van der Waals surface area contributed by atoms with Gasteiger partial charge in [0.1, 0.15) is 11.8 Å². The fourth-order valence-electron chi connectivity index (χ4n) is 7.13. The van der Waals surface area contributed by atoms with Crippen molar-refractivity contribution in [2.75, 3.05) is 23.8 Å². The van der Waals surface area contributed by atoms with Crippen molar-refractivity contribution < 1.29 is 24.2 Å². The first-order valence-electron chi connectivity index (χ1n) is 14.5. The molecule has 0 aromatic heterocycles. The Morgan fingerprint density at radius 1 is 1.10 bits per heavy atom. The Hall–Kier alpha value is -3.04. The van der Waals surface area contributed by atoms with Gasteiger partial charge in [-0.2, -0.15) is 0 Å². The second kappa shape index (κ2) is 11.0. The summed E-state index contributed by atoms with van der Waals surface area (Å²) in [7, 11) is 0. The van der Waals surface area contributed by atoms with Crippen molar-refractivity contribution in [3.05, 3.63) is 53.6 Å². The Labute approximate surface area is 246 Å². The van der Waals surface area contributed by atoms with Gasteiger partial charge in [-0.05, 0) is 87.9 Å². The maximum absolute atomic E-state index is 14.4. The molecule has 41 heavy (non-hydrogen) atoms. The quantitative estimate of drug-likeness (QED) is 0.395. The topological polar surface area (TPSA) is 108 Å². The molecule has 3 aliphatic rings. The van der Waals surface area contributed by atoms with E-state index in [1.54, 1.807) is 28.8 Å². The number of carbonyl (C=O) groups excluding carboxylic acids is 3. The van der Waals surface area contributed by atoms with E-state index in [0.29, 0.717) is 24.4 Å². The third kappa shape index (κ3) is 4.91. The molecule has 3 heterocycles. The fourth-order valence-corrected chi connectivity index (χ4v) is 9.48. The number of ether oxygens (including phenoxy) is 1. The largest absolute Gasteiger partial charge is 0.494 e. The summed E-state index contributed by atoms with van der Waals surface area (Å²) in [6.45, 7) is 12.1. The van der Waals surface area contributed by atoms with Crippen LogP contribution in [0.2, 0.25) is 0 Å². The maximum Gasteiger partial charge on any atom is 0.248 e. The molecule has 0 saturated carbocycles. The van der Waals surface area contributed by atoms with Crippen LogP contribution >= 0.6 is 11.8 Å². The first kappa shape index (κ1) is 29.5. The molecule has 9 heteroatoms. The highest BCUT2D eigenvalue weighted by atomic mass is 32.2. The number of hydrogen-bond donors (Lipinski definition) is 3. The summed E-state index contributed by atoms with van der Waals surface area (Å²) in [4.78, 5) is 44.2. The molecule has 8 nitrogen and oxygen atoms in total. The van der Waals surface area contributed by atoms with Crippen LogP contribution in [0.1, 0.15) is 51.7 Å².